The van der Waals surface area contributed by atoms with Crippen molar-refractivity contribution in [2.45, 2.75) is 38.1 Å². The summed E-state index contributed by atoms with van der Waals surface area (Å²) in [6.45, 7) is 4.41. The Bertz CT molecular complexity index is 1300. The molecule has 1 aromatic heterocycles. The van der Waals surface area contributed by atoms with Crippen LogP contribution in [-0.4, -0.2) is 48.4 Å². The van der Waals surface area contributed by atoms with Crippen molar-refractivity contribution in [3.05, 3.63) is 69.0 Å². The number of alkyl halides is 3. The Kier molecular flexibility index (Phi) is 7.14. The molecule has 2 aliphatic rings. The zero-order chi connectivity index (χ0) is 25.3. The lowest BCUT2D eigenvalue weighted by Gasteiger charge is -2.32. The lowest BCUT2D eigenvalue weighted by molar-refractivity contribution is -0.137. The largest absolute Gasteiger partial charge is 0.486 e. The Morgan fingerprint density at radius 2 is 1.72 bits per heavy atom. The molecule has 3 heterocycles. The quantitative estimate of drug-likeness (QED) is 0.510. The van der Waals surface area contributed by atoms with E-state index >= 15 is 0 Å². The average Bonchev–Trinajstić information content (AvgIpc) is 2.87. The molecule has 0 amide bonds. The Morgan fingerprint density at radius 3 is 2.47 bits per heavy atom. The number of halogens is 4. The first kappa shape index (κ1) is 24.9. The van der Waals surface area contributed by atoms with E-state index in [0.29, 0.717) is 37.7 Å². The monoisotopic (exact) mass is 521 g/mol. The van der Waals surface area contributed by atoms with Gasteiger partial charge in [-0.15, -0.1) is 0 Å². The standard InChI is InChI=1S/C26H27ClF3N3O3/c27-21-15-25(34)33(22-14-18(26(28,29)30)2-3-20(21)22)10-9-32-7-5-19(6-8-32)31-16-17-1-4-23-24(13-17)36-12-11-35-23/h1-4,13-15,19,31H,5-12,16H2. The van der Waals surface area contributed by atoms with Crippen LogP contribution in [0.25, 0.3) is 10.9 Å². The van der Waals surface area contributed by atoms with E-state index < -0.39 is 17.3 Å². The van der Waals surface area contributed by atoms with Gasteiger partial charge in [0.2, 0.25) is 0 Å². The number of rotatable bonds is 6. The van der Waals surface area contributed by atoms with Gasteiger partial charge >= 0.3 is 6.18 Å². The highest BCUT2D eigenvalue weighted by Gasteiger charge is 2.31. The predicted molar refractivity (Wildman–Crippen MR) is 132 cm³/mol. The van der Waals surface area contributed by atoms with Crippen LogP contribution in [0.3, 0.4) is 0 Å². The summed E-state index contributed by atoms with van der Waals surface area (Å²) in [5.41, 5.74) is 0.144. The maximum atomic E-state index is 13.3. The summed E-state index contributed by atoms with van der Waals surface area (Å²) in [5.74, 6) is 1.56. The van der Waals surface area contributed by atoms with Gasteiger partial charge in [-0.3, -0.25) is 4.79 Å². The van der Waals surface area contributed by atoms with Crippen LogP contribution in [0.5, 0.6) is 11.5 Å². The first-order valence-corrected chi connectivity index (χ1v) is 12.4. The second kappa shape index (κ2) is 10.3. The molecular formula is C26H27ClF3N3O3. The first-order chi connectivity index (χ1) is 17.3. The summed E-state index contributed by atoms with van der Waals surface area (Å²) in [6, 6.07) is 10.9. The van der Waals surface area contributed by atoms with Crippen LogP contribution in [-0.2, 0) is 19.3 Å². The number of hydrogen-bond donors (Lipinski definition) is 1. The number of aromatic nitrogens is 1. The molecule has 1 saturated heterocycles. The van der Waals surface area contributed by atoms with Gasteiger partial charge in [0.05, 0.1) is 16.1 Å². The second-order valence-electron chi connectivity index (χ2n) is 9.19. The summed E-state index contributed by atoms with van der Waals surface area (Å²) < 4.78 is 52.4. The van der Waals surface area contributed by atoms with Gasteiger partial charge in [0.15, 0.2) is 11.5 Å². The third-order valence-electron chi connectivity index (χ3n) is 6.82. The highest BCUT2D eigenvalue weighted by molar-refractivity contribution is 6.35. The van der Waals surface area contributed by atoms with Crippen molar-refractivity contribution in [2.24, 2.45) is 0 Å². The van der Waals surface area contributed by atoms with Crippen LogP contribution >= 0.6 is 11.6 Å². The van der Waals surface area contributed by atoms with Crippen molar-refractivity contribution in [2.75, 3.05) is 32.8 Å². The topological polar surface area (TPSA) is 55.7 Å². The van der Waals surface area contributed by atoms with E-state index in [-0.39, 0.29) is 10.5 Å². The van der Waals surface area contributed by atoms with E-state index in [0.717, 1.165) is 61.7 Å². The van der Waals surface area contributed by atoms with Crippen molar-refractivity contribution < 1.29 is 22.6 Å². The minimum atomic E-state index is -4.49. The van der Waals surface area contributed by atoms with E-state index in [1.54, 1.807) is 0 Å². The number of benzene rings is 2. The Labute approximate surface area is 211 Å². The van der Waals surface area contributed by atoms with Gasteiger partial charge in [0, 0.05) is 37.1 Å². The molecule has 0 aliphatic carbocycles. The Morgan fingerprint density at radius 1 is 0.972 bits per heavy atom. The van der Waals surface area contributed by atoms with Crippen molar-refractivity contribution in [1.82, 2.24) is 14.8 Å². The molecule has 0 atom stereocenters. The molecule has 0 spiro atoms. The third-order valence-corrected chi connectivity index (χ3v) is 7.13. The van der Waals surface area contributed by atoms with Gasteiger partial charge in [-0.25, -0.2) is 0 Å². The van der Waals surface area contributed by atoms with E-state index in [1.807, 2.05) is 18.2 Å². The fraction of sp³-hybridized carbons (Fsp3) is 0.423. The summed E-state index contributed by atoms with van der Waals surface area (Å²) >= 11 is 6.15. The number of piperidine rings is 1. The zero-order valence-electron chi connectivity index (χ0n) is 19.6. The Balaban J connectivity index is 1.18. The first-order valence-electron chi connectivity index (χ1n) is 12.0. The maximum absolute atomic E-state index is 13.3. The van der Waals surface area contributed by atoms with Crippen LogP contribution in [0, 0.1) is 0 Å². The molecule has 36 heavy (non-hydrogen) atoms. The van der Waals surface area contributed by atoms with Crippen molar-refractivity contribution in [1.29, 1.82) is 0 Å². The number of pyridine rings is 1. The number of nitrogens with one attached hydrogen (secondary N) is 1. The van der Waals surface area contributed by atoms with Gasteiger partial charge in [-0.1, -0.05) is 23.7 Å². The molecule has 1 fully saturated rings. The number of fused-ring (bicyclic) bond motifs is 2. The zero-order valence-corrected chi connectivity index (χ0v) is 20.4. The summed E-state index contributed by atoms with van der Waals surface area (Å²) in [5, 5.41) is 4.19. The molecule has 2 aliphatic heterocycles. The summed E-state index contributed by atoms with van der Waals surface area (Å²) in [4.78, 5) is 14.8. The van der Waals surface area contributed by atoms with Crippen LogP contribution < -0.4 is 20.3 Å². The van der Waals surface area contributed by atoms with Crippen LogP contribution in [0.4, 0.5) is 13.2 Å². The van der Waals surface area contributed by atoms with Crippen LogP contribution in [0.1, 0.15) is 24.0 Å². The maximum Gasteiger partial charge on any atom is 0.416 e. The number of nitrogens with zero attached hydrogens (tertiary/aromatic N) is 2. The number of hydrogen-bond acceptors (Lipinski definition) is 5. The lowest BCUT2D eigenvalue weighted by Crippen LogP contribution is -2.43. The Hall–Kier alpha value is -2.75. The van der Waals surface area contributed by atoms with Crippen molar-refractivity contribution in [3.63, 3.8) is 0 Å². The molecule has 0 bridgehead atoms. The van der Waals surface area contributed by atoms with E-state index in [9.17, 15) is 18.0 Å². The van der Waals surface area contributed by atoms with Gasteiger partial charge in [0.1, 0.15) is 13.2 Å². The fourth-order valence-corrected chi connectivity index (χ4v) is 5.06. The van der Waals surface area contributed by atoms with Gasteiger partial charge in [-0.05, 0) is 55.8 Å². The molecule has 0 unspecified atom stereocenters. The molecule has 3 aromatic rings. The molecule has 10 heteroatoms. The summed E-state index contributed by atoms with van der Waals surface area (Å²) in [6.07, 6.45) is -2.61. The van der Waals surface area contributed by atoms with Crippen molar-refractivity contribution in [3.8, 4) is 11.5 Å². The predicted octanol–water partition coefficient (Wildman–Crippen LogP) is 4.70. The fourth-order valence-electron chi connectivity index (χ4n) is 4.81. The normalized spacial score (nSPS) is 17.0. The van der Waals surface area contributed by atoms with Gasteiger partial charge < -0.3 is 24.3 Å². The van der Waals surface area contributed by atoms with Crippen LogP contribution in [0.15, 0.2) is 47.3 Å². The minimum absolute atomic E-state index is 0.157. The SMILES string of the molecule is O=c1cc(Cl)c2ccc(C(F)(F)F)cc2n1CCN1CCC(NCc2ccc3c(c2)OCCO3)CC1. The molecule has 192 valence electrons. The third kappa shape index (κ3) is 5.48. The second-order valence-corrected chi connectivity index (χ2v) is 9.59. The van der Waals surface area contributed by atoms with Crippen LogP contribution in [0.2, 0.25) is 5.02 Å². The molecule has 0 saturated carbocycles. The van der Waals surface area contributed by atoms with Gasteiger partial charge in [0.25, 0.3) is 5.56 Å². The minimum Gasteiger partial charge on any atom is -0.486 e. The molecule has 0 radical (unpaired) electrons. The molecule has 5 rings (SSSR count). The highest BCUT2D eigenvalue weighted by atomic mass is 35.5. The summed E-state index contributed by atoms with van der Waals surface area (Å²) in [7, 11) is 0. The average molecular weight is 522 g/mol. The number of ether oxygens (including phenoxy) is 2. The molecular weight excluding hydrogens is 495 g/mol. The smallest absolute Gasteiger partial charge is 0.416 e. The van der Waals surface area contributed by atoms with E-state index in [2.05, 4.69) is 10.2 Å². The van der Waals surface area contributed by atoms with Gasteiger partial charge in [-0.2, -0.15) is 13.2 Å². The van der Waals surface area contributed by atoms with E-state index in [4.69, 9.17) is 21.1 Å². The lowest BCUT2D eigenvalue weighted by atomic mass is 10.0. The van der Waals surface area contributed by atoms with Crippen molar-refractivity contribution >= 4 is 22.5 Å². The molecule has 2 aromatic carbocycles. The molecule has 6 nitrogen and oxygen atoms in total. The number of likely N-dealkylation sites (tertiary alicyclic amines) is 1. The van der Waals surface area contributed by atoms with E-state index in [1.165, 1.54) is 16.7 Å². The highest BCUT2D eigenvalue weighted by Crippen LogP contribution is 2.33. The molecule has 1 N–H and O–H groups in total.